The van der Waals surface area contributed by atoms with E-state index in [4.69, 9.17) is 21.1 Å². The third-order valence-corrected chi connectivity index (χ3v) is 2.88. The molecule has 0 bridgehead atoms. The Morgan fingerprint density at radius 1 is 1.56 bits per heavy atom. The zero-order valence-electron chi connectivity index (χ0n) is 9.16. The van der Waals surface area contributed by atoms with Crippen molar-refractivity contribution in [1.82, 2.24) is 19.2 Å². The van der Waals surface area contributed by atoms with Crippen LogP contribution in [0.2, 0.25) is 5.15 Å². The number of rotatable bonds is 2. The highest BCUT2D eigenvalue weighted by molar-refractivity contribution is 6.32. The number of carboxylic acids is 1. The second-order valence-corrected chi connectivity index (χ2v) is 3.99. The molecule has 0 radical (unpaired) electrons. The van der Waals surface area contributed by atoms with Crippen molar-refractivity contribution in [3.8, 4) is 11.6 Å². The molecule has 3 aromatic rings. The predicted molar refractivity (Wildman–Crippen MR) is 61.6 cm³/mol. The van der Waals surface area contributed by atoms with Gasteiger partial charge in [-0.05, 0) is 12.1 Å². The zero-order chi connectivity index (χ0) is 12.9. The van der Waals surface area contributed by atoms with Crippen LogP contribution in [0.3, 0.4) is 0 Å². The summed E-state index contributed by atoms with van der Waals surface area (Å²) < 4.78 is 8.11. The molecule has 1 N–H and O–H groups in total. The van der Waals surface area contributed by atoms with Crippen LogP contribution in [0, 0.1) is 0 Å². The van der Waals surface area contributed by atoms with Gasteiger partial charge in [0.05, 0.1) is 6.26 Å². The first kappa shape index (κ1) is 10.8. The molecule has 0 spiro atoms. The summed E-state index contributed by atoms with van der Waals surface area (Å²) in [5.41, 5.74) is -0.222. The van der Waals surface area contributed by atoms with Gasteiger partial charge in [0.15, 0.2) is 22.4 Å². The standard InChI is InChI=1S/C10H7ClN4O3/c1-14-8(5-3-2-4-18-5)13-15-7(11)6(9(16)17)12-10(14)15/h2-4H,1H3,(H,16,17). The van der Waals surface area contributed by atoms with Crippen LogP contribution in [0.1, 0.15) is 10.5 Å². The van der Waals surface area contributed by atoms with Gasteiger partial charge in [0.2, 0.25) is 5.78 Å². The normalized spacial score (nSPS) is 11.2. The number of aromatic carboxylic acids is 1. The quantitative estimate of drug-likeness (QED) is 0.763. The molecular weight excluding hydrogens is 260 g/mol. The van der Waals surface area contributed by atoms with Gasteiger partial charge < -0.3 is 9.52 Å². The van der Waals surface area contributed by atoms with Crippen molar-refractivity contribution in [2.24, 2.45) is 7.05 Å². The van der Waals surface area contributed by atoms with E-state index in [0.29, 0.717) is 17.4 Å². The van der Waals surface area contributed by atoms with Gasteiger partial charge in [-0.25, -0.2) is 9.78 Å². The van der Waals surface area contributed by atoms with E-state index in [-0.39, 0.29) is 10.8 Å². The number of fused-ring (bicyclic) bond motifs is 1. The number of imidazole rings is 1. The first-order valence-electron chi connectivity index (χ1n) is 4.97. The lowest BCUT2D eigenvalue weighted by atomic mass is 10.4. The molecule has 0 unspecified atom stereocenters. The smallest absolute Gasteiger partial charge is 0.357 e. The summed E-state index contributed by atoms with van der Waals surface area (Å²) in [6, 6.07) is 3.48. The number of halogens is 1. The molecule has 8 heteroatoms. The molecule has 0 saturated carbocycles. The van der Waals surface area contributed by atoms with Gasteiger partial charge in [0.1, 0.15) is 0 Å². The topological polar surface area (TPSA) is 85.6 Å². The van der Waals surface area contributed by atoms with Crippen molar-refractivity contribution in [3.63, 3.8) is 0 Å². The average molecular weight is 267 g/mol. The van der Waals surface area contributed by atoms with E-state index in [0.717, 1.165) is 0 Å². The number of nitrogens with zero attached hydrogens (tertiary/aromatic N) is 4. The zero-order valence-corrected chi connectivity index (χ0v) is 9.92. The Hall–Kier alpha value is -2.28. The predicted octanol–water partition coefficient (Wildman–Crippen LogP) is 1.68. The van der Waals surface area contributed by atoms with Crippen molar-refractivity contribution >= 4 is 23.3 Å². The minimum atomic E-state index is -1.19. The van der Waals surface area contributed by atoms with E-state index < -0.39 is 5.97 Å². The van der Waals surface area contributed by atoms with Gasteiger partial charge in [-0.1, -0.05) is 11.6 Å². The summed E-state index contributed by atoms with van der Waals surface area (Å²) in [6.45, 7) is 0. The fourth-order valence-corrected chi connectivity index (χ4v) is 1.94. The largest absolute Gasteiger partial charge is 0.476 e. The first-order valence-corrected chi connectivity index (χ1v) is 5.35. The number of furan rings is 1. The lowest BCUT2D eigenvalue weighted by molar-refractivity contribution is 0.0691. The number of aryl methyl sites for hydroxylation is 1. The minimum absolute atomic E-state index is 0.0362. The summed E-state index contributed by atoms with van der Waals surface area (Å²) in [5.74, 6) is 0.214. The van der Waals surface area contributed by atoms with E-state index in [1.54, 1.807) is 23.7 Å². The molecule has 92 valence electrons. The summed E-state index contributed by atoms with van der Waals surface area (Å²) in [7, 11) is 1.70. The number of hydrogen-bond acceptors (Lipinski definition) is 4. The Balaban J connectivity index is 2.28. The molecule has 3 rings (SSSR count). The maximum atomic E-state index is 10.9. The van der Waals surface area contributed by atoms with Crippen molar-refractivity contribution in [2.45, 2.75) is 0 Å². The van der Waals surface area contributed by atoms with E-state index >= 15 is 0 Å². The maximum Gasteiger partial charge on any atom is 0.357 e. The van der Waals surface area contributed by atoms with Crippen molar-refractivity contribution in [3.05, 3.63) is 29.2 Å². The van der Waals surface area contributed by atoms with Crippen LogP contribution in [0.5, 0.6) is 0 Å². The molecule has 0 aliphatic carbocycles. The Labute approximate surface area is 105 Å². The molecule has 0 atom stereocenters. The fourth-order valence-electron chi connectivity index (χ4n) is 1.70. The first-order chi connectivity index (χ1) is 8.59. The van der Waals surface area contributed by atoms with Gasteiger partial charge in [-0.3, -0.25) is 4.57 Å². The molecule has 3 heterocycles. The summed E-state index contributed by atoms with van der Waals surface area (Å²) in [4.78, 5) is 14.8. The molecule has 0 fully saturated rings. The Morgan fingerprint density at radius 3 is 2.89 bits per heavy atom. The van der Waals surface area contributed by atoms with Crippen LogP contribution < -0.4 is 0 Å². The molecule has 0 aliphatic heterocycles. The average Bonchev–Trinajstić information content (AvgIpc) is 2.98. The Bertz CT molecular complexity index is 741. The Morgan fingerprint density at radius 2 is 2.33 bits per heavy atom. The summed E-state index contributed by atoms with van der Waals surface area (Å²) in [6.07, 6.45) is 1.52. The molecular formula is C10H7ClN4O3. The highest BCUT2D eigenvalue weighted by atomic mass is 35.5. The summed E-state index contributed by atoms with van der Waals surface area (Å²) in [5, 5.41) is 13.1. The van der Waals surface area contributed by atoms with Gasteiger partial charge in [0.25, 0.3) is 0 Å². The second kappa shape index (κ2) is 3.61. The van der Waals surface area contributed by atoms with Crippen LogP contribution in [-0.2, 0) is 7.05 Å². The molecule has 0 saturated heterocycles. The van der Waals surface area contributed by atoms with Gasteiger partial charge in [0, 0.05) is 7.05 Å². The van der Waals surface area contributed by atoms with Crippen molar-refractivity contribution in [1.29, 1.82) is 0 Å². The van der Waals surface area contributed by atoms with Crippen LogP contribution in [0.4, 0.5) is 0 Å². The lowest BCUT2D eigenvalue weighted by Gasteiger charge is -1.95. The molecule has 7 nitrogen and oxygen atoms in total. The number of carbonyl (C=O) groups is 1. The molecule has 0 aromatic carbocycles. The van der Waals surface area contributed by atoms with Crippen molar-refractivity contribution < 1.29 is 14.3 Å². The third-order valence-electron chi connectivity index (χ3n) is 2.54. The fraction of sp³-hybridized carbons (Fsp3) is 0.100. The van der Waals surface area contributed by atoms with Gasteiger partial charge >= 0.3 is 5.97 Å². The van der Waals surface area contributed by atoms with Crippen LogP contribution in [0.25, 0.3) is 17.4 Å². The number of aromatic nitrogens is 4. The minimum Gasteiger partial charge on any atom is -0.476 e. The lowest BCUT2D eigenvalue weighted by Crippen LogP contribution is -1.99. The molecule has 0 amide bonds. The molecule has 0 aliphatic rings. The highest BCUT2D eigenvalue weighted by Crippen LogP contribution is 2.23. The van der Waals surface area contributed by atoms with E-state index in [2.05, 4.69) is 10.1 Å². The van der Waals surface area contributed by atoms with E-state index in [1.165, 1.54) is 10.8 Å². The van der Waals surface area contributed by atoms with Crippen LogP contribution in [0.15, 0.2) is 22.8 Å². The van der Waals surface area contributed by atoms with E-state index in [1.807, 2.05) is 0 Å². The SMILES string of the molecule is Cn1c(-c2ccco2)nn2c(Cl)c(C(=O)O)nc12. The number of hydrogen-bond donors (Lipinski definition) is 1. The second-order valence-electron chi connectivity index (χ2n) is 3.63. The van der Waals surface area contributed by atoms with Crippen LogP contribution >= 0.6 is 11.6 Å². The molecule has 3 aromatic heterocycles. The third kappa shape index (κ3) is 1.34. The van der Waals surface area contributed by atoms with Crippen molar-refractivity contribution in [2.75, 3.05) is 0 Å². The van der Waals surface area contributed by atoms with Gasteiger partial charge in [-0.2, -0.15) is 4.52 Å². The van der Waals surface area contributed by atoms with Gasteiger partial charge in [-0.15, -0.1) is 5.10 Å². The number of carboxylic acid groups (broad SMARTS) is 1. The monoisotopic (exact) mass is 266 g/mol. The maximum absolute atomic E-state index is 10.9. The molecule has 18 heavy (non-hydrogen) atoms. The highest BCUT2D eigenvalue weighted by Gasteiger charge is 2.22. The summed E-state index contributed by atoms with van der Waals surface area (Å²) >= 11 is 5.91. The van der Waals surface area contributed by atoms with Crippen LogP contribution in [-0.4, -0.2) is 30.2 Å². The Kier molecular flexibility index (Phi) is 2.17. The van der Waals surface area contributed by atoms with E-state index in [9.17, 15) is 4.79 Å².